The number of nitrogens with zero attached hydrogens (tertiary/aromatic N) is 4. The first-order chi connectivity index (χ1) is 14.2. The Labute approximate surface area is 175 Å². The van der Waals surface area contributed by atoms with E-state index in [1.807, 2.05) is 42.1 Å². The van der Waals surface area contributed by atoms with Gasteiger partial charge in [0.25, 0.3) is 5.91 Å². The highest BCUT2D eigenvalue weighted by molar-refractivity contribution is 8.01. The third-order valence-corrected chi connectivity index (χ3v) is 5.93. The molecule has 0 atom stereocenters. The topological polar surface area (TPSA) is 81.9 Å². The Kier molecular flexibility index (Phi) is 5.87. The molecule has 1 amide bonds. The molecule has 0 unspecified atom stereocenters. The van der Waals surface area contributed by atoms with E-state index in [0.29, 0.717) is 17.9 Å². The second-order valence-corrected chi connectivity index (χ2v) is 8.15. The van der Waals surface area contributed by atoms with E-state index in [2.05, 4.69) is 20.5 Å². The largest absolute Gasteiger partial charge is 0.486 e. The van der Waals surface area contributed by atoms with Crippen LogP contribution < -0.4 is 10.1 Å². The molecule has 2 heterocycles. The summed E-state index contributed by atoms with van der Waals surface area (Å²) in [6.45, 7) is 0.366. The Balaban J connectivity index is 1.40. The van der Waals surface area contributed by atoms with Gasteiger partial charge in [0, 0.05) is 29.9 Å². The first-order valence-corrected chi connectivity index (χ1v) is 10.4. The van der Waals surface area contributed by atoms with Gasteiger partial charge in [0.2, 0.25) is 0 Å². The van der Waals surface area contributed by atoms with Crippen LogP contribution in [0, 0.1) is 0 Å². The van der Waals surface area contributed by atoms with Crippen molar-refractivity contribution in [1.82, 2.24) is 19.7 Å². The summed E-state index contributed by atoms with van der Waals surface area (Å²) in [7, 11) is 1.92. The van der Waals surface area contributed by atoms with Crippen LogP contribution in [-0.2, 0) is 13.7 Å². The van der Waals surface area contributed by atoms with Gasteiger partial charge in [0.05, 0.1) is 5.69 Å². The number of benzene rings is 2. The van der Waals surface area contributed by atoms with E-state index in [1.54, 1.807) is 36.0 Å². The van der Waals surface area contributed by atoms with Crippen LogP contribution in [0.3, 0.4) is 0 Å². The number of rotatable bonds is 7. The summed E-state index contributed by atoms with van der Waals surface area (Å²) >= 11 is 2.93. The molecule has 0 aliphatic rings. The number of amides is 1. The zero-order valence-corrected chi connectivity index (χ0v) is 17.1. The molecule has 0 aliphatic carbocycles. The number of ether oxygens (including phenoxy) is 1. The van der Waals surface area contributed by atoms with E-state index in [0.717, 1.165) is 20.7 Å². The number of nitrogens with one attached hydrogen (secondary N) is 1. The van der Waals surface area contributed by atoms with Gasteiger partial charge in [0.1, 0.15) is 23.7 Å². The fourth-order valence-electron chi connectivity index (χ4n) is 2.54. The first kappa shape index (κ1) is 19.2. The molecule has 0 bridgehead atoms. The lowest BCUT2D eigenvalue weighted by Gasteiger charge is -2.10. The molecule has 0 saturated heterocycles. The van der Waals surface area contributed by atoms with Gasteiger partial charge in [-0.2, -0.15) is 0 Å². The SMILES string of the molecule is Cn1ccnc1COc1ccc(C(=O)Nc2ccccc2Sc2nncs2)cc1. The van der Waals surface area contributed by atoms with Gasteiger partial charge in [-0.25, -0.2) is 4.98 Å². The summed E-state index contributed by atoms with van der Waals surface area (Å²) in [6.07, 6.45) is 3.60. The van der Waals surface area contributed by atoms with Crippen molar-refractivity contribution < 1.29 is 9.53 Å². The van der Waals surface area contributed by atoms with E-state index in [4.69, 9.17) is 4.74 Å². The molecule has 146 valence electrons. The van der Waals surface area contributed by atoms with E-state index < -0.39 is 0 Å². The molecule has 7 nitrogen and oxygen atoms in total. The minimum atomic E-state index is -0.189. The van der Waals surface area contributed by atoms with Crippen molar-refractivity contribution in [2.24, 2.45) is 7.05 Å². The van der Waals surface area contributed by atoms with Gasteiger partial charge < -0.3 is 14.6 Å². The molecular formula is C20H17N5O2S2. The molecule has 9 heteroatoms. The summed E-state index contributed by atoms with van der Waals surface area (Å²) < 4.78 is 8.45. The molecule has 0 radical (unpaired) electrons. The van der Waals surface area contributed by atoms with Gasteiger partial charge in [0.15, 0.2) is 4.34 Å². The monoisotopic (exact) mass is 423 g/mol. The molecule has 29 heavy (non-hydrogen) atoms. The molecule has 0 fully saturated rings. The Morgan fingerprint density at radius 2 is 2.03 bits per heavy atom. The first-order valence-electron chi connectivity index (χ1n) is 8.72. The molecule has 0 saturated carbocycles. The smallest absolute Gasteiger partial charge is 0.255 e. The summed E-state index contributed by atoms with van der Waals surface area (Å²) in [5.41, 5.74) is 2.96. The average molecular weight is 424 g/mol. The molecule has 4 rings (SSSR count). The molecule has 2 aromatic heterocycles. The molecular weight excluding hydrogens is 406 g/mol. The van der Waals surface area contributed by atoms with E-state index in [9.17, 15) is 4.79 Å². The van der Waals surface area contributed by atoms with Crippen molar-refractivity contribution in [3.63, 3.8) is 0 Å². The lowest BCUT2D eigenvalue weighted by atomic mass is 10.2. The lowest BCUT2D eigenvalue weighted by molar-refractivity contribution is 0.102. The van der Waals surface area contributed by atoms with Gasteiger partial charge in [-0.15, -0.1) is 10.2 Å². The summed E-state index contributed by atoms with van der Waals surface area (Å²) in [6, 6.07) is 14.6. The van der Waals surface area contributed by atoms with Crippen molar-refractivity contribution in [2.75, 3.05) is 5.32 Å². The van der Waals surface area contributed by atoms with Gasteiger partial charge in [-0.3, -0.25) is 4.79 Å². The summed E-state index contributed by atoms with van der Waals surface area (Å²) in [4.78, 5) is 17.8. The van der Waals surface area contributed by atoms with Crippen LogP contribution in [0.5, 0.6) is 5.75 Å². The Morgan fingerprint density at radius 1 is 1.21 bits per heavy atom. The van der Waals surface area contributed by atoms with E-state index in [1.165, 1.54) is 23.1 Å². The second kappa shape index (κ2) is 8.89. The lowest BCUT2D eigenvalue weighted by Crippen LogP contribution is -2.12. The quantitative estimate of drug-likeness (QED) is 0.478. The highest BCUT2D eigenvalue weighted by Gasteiger charge is 2.11. The van der Waals surface area contributed by atoms with Crippen molar-refractivity contribution >= 4 is 34.7 Å². The van der Waals surface area contributed by atoms with E-state index >= 15 is 0 Å². The van der Waals surface area contributed by atoms with Crippen LogP contribution in [-0.4, -0.2) is 25.7 Å². The minimum Gasteiger partial charge on any atom is -0.486 e. The van der Waals surface area contributed by atoms with Crippen LogP contribution in [0.15, 0.2) is 75.7 Å². The van der Waals surface area contributed by atoms with Gasteiger partial charge in [-0.05, 0) is 36.4 Å². The Bertz CT molecular complexity index is 1090. The molecule has 0 aliphatic heterocycles. The number of hydrogen-bond acceptors (Lipinski definition) is 7. The number of carbonyl (C=O) groups is 1. The maximum Gasteiger partial charge on any atom is 0.255 e. The van der Waals surface area contributed by atoms with Crippen molar-refractivity contribution in [3.8, 4) is 5.75 Å². The van der Waals surface area contributed by atoms with Crippen molar-refractivity contribution in [2.45, 2.75) is 15.8 Å². The fourth-order valence-corrected chi connectivity index (χ4v) is 4.06. The number of para-hydroxylation sites is 1. The fraction of sp³-hybridized carbons (Fsp3) is 0.100. The summed E-state index contributed by atoms with van der Waals surface area (Å²) in [5, 5.41) is 10.8. The number of anilines is 1. The third-order valence-electron chi connectivity index (χ3n) is 4.08. The standard InChI is InChI=1S/C20H17N5O2S2/c1-25-11-10-21-18(25)12-27-15-8-6-14(7-9-15)19(26)23-16-4-2-3-5-17(16)29-20-24-22-13-28-20/h2-11,13H,12H2,1H3,(H,23,26). The molecule has 4 aromatic rings. The van der Waals surface area contributed by atoms with Gasteiger partial charge in [-0.1, -0.05) is 35.2 Å². The Hall–Kier alpha value is -3.17. The van der Waals surface area contributed by atoms with Crippen LogP contribution in [0.2, 0.25) is 0 Å². The van der Waals surface area contributed by atoms with Crippen LogP contribution in [0.1, 0.15) is 16.2 Å². The zero-order chi connectivity index (χ0) is 20.1. The van der Waals surface area contributed by atoms with E-state index in [-0.39, 0.29) is 5.91 Å². The number of hydrogen-bond donors (Lipinski definition) is 1. The van der Waals surface area contributed by atoms with Crippen LogP contribution in [0.25, 0.3) is 0 Å². The number of aryl methyl sites for hydroxylation is 1. The number of carbonyl (C=O) groups excluding carboxylic acids is 1. The second-order valence-electron chi connectivity index (χ2n) is 6.02. The zero-order valence-electron chi connectivity index (χ0n) is 15.5. The van der Waals surface area contributed by atoms with Gasteiger partial charge >= 0.3 is 0 Å². The molecule has 2 aromatic carbocycles. The van der Waals surface area contributed by atoms with Crippen LogP contribution in [0.4, 0.5) is 5.69 Å². The number of imidazole rings is 1. The van der Waals surface area contributed by atoms with Crippen LogP contribution >= 0.6 is 23.1 Å². The predicted molar refractivity (Wildman–Crippen MR) is 112 cm³/mol. The van der Waals surface area contributed by atoms with Crippen molar-refractivity contribution in [1.29, 1.82) is 0 Å². The predicted octanol–water partition coefficient (Wildman–Crippen LogP) is 4.25. The summed E-state index contributed by atoms with van der Waals surface area (Å²) in [5.74, 6) is 1.32. The number of aromatic nitrogens is 4. The highest BCUT2D eigenvalue weighted by Crippen LogP contribution is 2.34. The minimum absolute atomic E-state index is 0.189. The molecule has 1 N–H and O–H groups in total. The molecule has 0 spiro atoms. The highest BCUT2D eigenvalue weighted by atomic mass is 32.2. The van der Waals surface area contributed by atoms with Crippen molar-refractivity contribution in [3.05, 3.63) is 77.8 Å². The Morgan fingerprint density at radius 3 is 2.76 bits per heavy atom. The maximum atomic E-state index is 12.7. The normalized spacial score (nSPS) is 10.7. The maximum absolute atomic E-state index is 12.7. The average Bonchev–Trinajstić information content (AvgIpc) is 3.40. The third kappa shape index (κ3) is 4.82.